The Bertz CT molecular complexity index is 1080. The lowest BCUT2D eigenvalue weighted by Crippen LogP contribution is -2.39. The number of imide groups is 1. The maximum atomic E-state index is 13.4. The third kappa shape index (κ3) is 3.14. The van der Waals surface area contributed by atoms with Crippen LogP contribution < -0.4 is 9.91 Å². The molecule has 2 atom stereocenters. The number of benzene rings is 2. The van der Waals surface area contributed by atoms with E-state index in [2.05, 4.69) is 5.10 Å². The summed E-state index contributed by atoms with van der Waals surface area (Å²) in [4.78, 5) is 40.4. The van der Waals surface area contributed by atoms with Gasteiger partial charge in [-0.2, -0.15) is 5.10 Å². The maximum Gasteiger partial charge on any atom is 0.355 e. The normalized spacial score (nSPS) is 20.5. The van der Waals surface area contributed by atoms with Crippen LogP contribution in [-0.4, -0.2) is 36.1 Å². The van der Waals surface area contributed by atoms with Crippen LogP contribution >= 0.6 is 23.2 Å². The van der Waals surface area contributed by atoms with Crippen LogP contribution in [0.4, 0.5) is 11.4 Å². The van der Waals surface area contributed by atoms with Crippen LogP contribution in [0.1, 0.15) is 12.5 Å². The first-order valence-electron chi connectivity index (χ1n) is 9.28. The predicted octanol–water partition coefficient (Wildman–Crippen LogP) is 3.60. The molecule has 9 heteroatoms. The Balaban J connectivity index is 1.82. The molecule has 0 spiro atoms. The largest absolute Gasteiger partial charge is 0.461 e. The van der Waals surface area contributed by atoms with Crippen LogP contribution in [0.15, 0.2) is 47.6 Å². The fraction of sp³-hybridized carbons (Fsp3) is 0.238. The number of hydrazone groups is 1. The lowest BCUT2D eigenvalue weighted by molar-refractivity contribution is -0.136. The van der Waals surface area contributed by atoms with Crippen molar-refractivity contribution in [3.8, 4) is 0 Å². The quantitative estimate of drug-likeness (QED) is 0.530. The number of amides is 2. The lowest BCUT2D eigenvalue weighted by atomic mass is 9.98. The fourth-order valence-electron chi connectivity index (χ4n) is 3.67. The van der Waals surface area contributed by atoms with Crippen molar-refractivity contribution in [3.05, 3.63) is 58.1 Å². The van der Waals surface area contributed by atoms with Crippen LogP contribution in [0.3, 0.4) is 0 Å². The summed E-state index contributed by atoms with van der Waals surface area (Å²) in [5.74, 6) is -2.84. The number of nitrogens with zero attached hydrogens (tertiary/aromatic N) is 3. The second-order valence-electron chi connectivity index (χ2n) is 6.85. The summed E-state index contributed by atoms with van der Waals surface area (Å²) in [6, 6.07) is 10.6. The molecule has 0 saturated carbocycles. The molecule has 2 aromatic rings. The van der Waals surface area contributed by atoms with Crippen LogP contribution in [0.2, 0.25) is 10.0 Å². The lowest BCUT2D eigenvalue weighted by Gasteiger charge is -2.23. The average Bonchev–Trinajstić information content (AvgIpc) is 3.23. The Hall–Kier alpha value is -2.90. The highest BCUT2D eigenvalue weighted by atomic mass is 35.5. The van der Waals surface area contributed by atoms with Crippen molar-refractivity contribution < 1.29 is 19.1 Å². The van der Waals surface area contributed by atoms with Gasteiger partial charge in [0.2, 0.25) is 5.91 Å². The van der Waals surface area contributed by atoms with Crippen molar-refractivity contribution in [1.29, 1.82) is 0 Å². The zero-order valence-corrected chi connectivity index (χ0v) is 17.6. The van der Waals surface area contributed by atoms with Crippen LogP contribution in [0.5, 0.6) is 0 Å². The van der Waals surface area contributed by atoms with E-state index in [0.717, 1.165) is 4.90 Å². The molecule has 0 bridgehead atoms. The summed E-state index contributed by atoms with van der Waals surface area (Å²) >= 11 is 12.2. The van der Waals surface area contributed by atoms with E-state index in [-0.39, 0.29) is 12.3 Å². The molecule has 2 aliphatic rings. The van der Waals surface area contributed by atoms with Crippen molar-refractivity contribution in [3.63, 3.8) is 0 Å². The minimum absolute atomic E-state index is 0.0997. The molecule has 30 heavy (non-hydrogen) atoms. The van der Waals surface area contributed by atoms with Gasteiger partial charge in [0, 0.05) is 10.0 Å². The number of fused-ring (bicyclic) bond motifs is 1. The fourth-order valence-corrected chi connectivity index (χ4v) is 3.97. The standard InChI is InChI=1S/C21H17Cl2N3O4/c1-3-30-21(29)17-16-18(26(24-17)13-9-7-12(22)8-10-13)20(28)25(19(16)27)15-6-4-5-14(23)11(15)2/h4-10,16,18H,3H2,1-2H3/t16-,18+/m1/s1. The van der Waals surface area contributed by atoms with E-state index >= 15 is 0 Å². The van der Waals surface area contributed by atoms with Crippen LogP contribution in [-0.2, 0) is 19.1 Å². The zero-order chi connectivity index (χ0) is 21.6. The minimum Gasteiger partial charge on any atom is -0.461 e. The van der Waals surface area contributed by atoms with E-state index in [1.54, 1.807) is 56.3 Å². The topological polar surface area (TPSA) is 79.3 Å². The highest BCUT2D eigenvalue weighted by Crippen LogP contribution is 2.40. The van der Waals surface area contributed by atoms with E-state index < -0.39 is 29.7 Å². The van der Waals surface area contributed by atoms with Gasteiger partial charge in [-0.1, -0.05) is 29.3 Å². The monoisotopic (exact) mass is 445 g/mol. The first-order valence-corrected chi connectivity index (χ1v) is 10.0. The third-order valence-electron chi connectivity index (χ3n) is 5.10. The van der Waals surface area contributed by atoms with E-state index in [1.807, 2.05) is 0 Å². The molecule has 0 aromatic heterocycles. The molecule has 0 unspecified atom stereocenters. The third-order valence-corrected chi connectivity index (χ3v) is 5.77. The zero-order valence-electron chi connectivity index (χ0n) is 16.1. The van der Waals surface area contributed by atoms with E-state index in [4.69, 9.17) is 27.9 Å². The number of hydrogen-bond acceptors (Lipinski definition) is 6. The van der Waals surface area contributed by atoms with Crippen molar-refractivity contribution in [2.45, 2.75) is 19.9 Å². The Morgan fingerprint density at radius 1 is 1.10 bits per heavy atom. The number of esters is 1. The van der Waals surface area contributed by atoms with Gasteiger partial charge in [-0.3, -0.25) is 14.6 Å². The van der Waals surface area contributed by atoms with Crippen molar-refractivity contribution >= 4 is 58.1 Å². The highest BCUT2D eigenvalue weighted by molar-refractivity contribution is 6.47. The number of hydrogen-bond donors (Lipinski definition) is 0. The maximum absolute atomic E-state index is 13.4. The SMILES string of the molecule is CCOC(=O)C1=NN(c2ccc(Cl)cc2)[C@@H]2C(=O)N(c3cccc(Cl)c3C)C(=O)[C@H]12. The average molecular weight is 446 g/mol. The first kappa shape index (κ1) is 20.4. The molecule has 0 aliphatic carbocycles. The van der Waals surface area contributed by atoms with Gasteiger partial charge in [0.15, 0.2) is 5.71 Å². The van der Waals surface area contributed by atoms with Gasteiger partial charge in [0.05, 0.1) is 18.0 Å². The summed E-state index contributed by atoms with van der Waals surface area (Å²) in [5.41, 5.74) is 1.40. The predicted molar refractivity (Wildman–Crippen MR) is 114 cm³/mol. The Labute approximate surface area is 182 Å². The molecule has 2 aromatic carbocycles. The van der Waals surface area contributed by atoms with Gasteiger partial charge in [-0.15, -0.1) is 0 Å². The molecule has 1 saturated heterocycles. The number of anilines is 2. The molecular formula is C21H17Cl2N3O4. The number of ether oxygens (including phenoxy) is 1. The van der Waals surface area contributed by atoms with Gasteiger partial charge in [0.1, 0.15) is 12.0 Å². The van der Waals surface area contributed by atoms with Crippen molar-refractivity contribution in [2.75, 3.05) is 16.5 Å². The minimum atomic E-state index is -1.08. The number of carbonyl (C=O) groups is 3. The molecule has 2 aliphatic heterocycles. The Morgan fingerprint density at radius 3 is 2.47 bits per heavy atom. The summed E-state index contributed by atoms with van der Waals surface area (Å²) in [6.45, 7) is 3.50. The molecule has 1 fully saturated rings. The summed E-state index contributed by atoms with van der Waals surface area (Å²) in [6.07, 6.45) is 0. The number of carbonyl (C=O) groups excluding carboxylic acids is 3. The molecule has 2 amide bonds. The van der Waals surface area contributed by atoms with Gasteiger partial charge in [-0.25, -0.2) is 9.69 Å². The molecule has 0 radical (unpaired) electrons. The van der Waals surface area contributed by atoms with E-state index in [1.165, 1.54) is 5.01 Å². The summed E-state index contributed by atoms with van der Waals surface area (Å²) in [5, 5.41) is 6.62. The first-order chi connectivity index (χ1) is 14.3. The van der Waals surface area contributed by atoms with E-state index in [0.29, 0.717) is 27.0 Å². The van der Waals surface area contributed by atoms with Gasteiger partial charge in [0.25, 0.3) is 5.91 Å². The van der Waals surface area contributed by atoms with Crippen molar-refractivity contribution in [2.24, 2.45) is 11.0 Å². The van der Waals surface area contributed by atoms with Crippen LogP contribution in [0, 0.1) is 12.8 Å². The molecule has 7 nitrogen and oxygen atoms in total. The summed E-state index contributed by atoms with van der Waals surface area (Å²) in [7, 11) is 0. The Morgan fingerprint density at radius 2 is 1.80 bits per heavy atom. The Kier molecular flexibility index (Phi) is 5.26. The van der Waals surface area contributed by atoms with Gasteiger partial charge >= 0.3 is 5.97 Å². The smallest absolute Gasteiger partial charge is 0.355 e. The van der Waals surface area contributed by atoms with Crippen LogP contribution in [0.25, 0.3) is 0 Å². The second-order valence-corrected chi connectivity index (χ2v) is 7.69. The van der Waals surface area contributed by atoms with Gasteiger partial charge < -0.3 is 4.74 Å². The molecular weight excluding hydrogens is 429 g/mol. The van der Waals surface area contributed by atoms with Gasteiger partial charge in [-0.05, 0) is 55.8 Å². The van der Waals surface area contributed by atoms with Crippen molar-refractivity contribution in [1.82, 2.24) is 0 Å². The molecule has 4 rings (SSSR count). The molecule has 2 heterocycles. The number of halogens is 2. The highest BCUT2D eigenvalue weighted by Gasteiger charge is 2.59. The molecule has 154 valence electrons. The summed E-state index contributed by atoms with van der Waals surface area (Å²) < 4.78 is 5.08. The molecule has 0 N–H and O–H groups in total. The van der Waals surface area contributed by atoms with E-state index in [9.17, 15) is 14.4 Å². The second kappa shape index (κ2) is 7.74. The number of rotatable bonds is 4.